The number of anilines is 1. The average molecular weight is 446 g/mol. The van der Waals surface area contributed by atoms with Crippen LogP contribution in [-0.2, 0) is 14.4 Å². The summed E-state index contributed by atoms with van der Waals surface area (Å²) in [4.78, 5) is 51.6. The minimum Gasteiger partial charge on any atom is -0.497 e. The zero-order chi connectivity index (χ0) is 23.1. The van der Waals surface area contributed by atoms with Crippen molar-refractivity contribution >= 4 is 29.4 Å². The molecule has 10 nitrogen and oxygen atoms in total. The maximum Gasteiger partial charge on any atom is 0.344 e. The van der Waals surface area contributed by atoms with Gasteiger partial charge in [0.2, 0.25) is 11.8 Å². The number of ether oxygens (including phenoxy) is 1. The van der Waals surface area contributed by atoms with E-state index in [0.717, 1.165) is 24.3 Å². The Labute approximate surface area is 187 Å². The van der Waals surface area contributed by atoms with Gasteiger partial charge in [0, 0.05) is 24.7 Å². The van der Waals surface area contributed by atoms with Crippen LogP contribution < -0.4 is 20.8 Å². The van der Waals surface area contributed by atoms with Crippen LogP contribution in [0.2, 0.25) is 0 Å². The second-order valence-electron chi connectivity index (χ2n) is 8.15. The van der Waals surface area contributed by atoms with Gasteiger partial charge in [-0.2, -0.15) is 5.01 Å². The Bertz CT molecular complexity index is 868. The van der Waals surface area contributed by atoms with Gasteiger partial charge >= 0.3 is 6.03 Å². The lowest BCUT2D eigenvalue weighted by Crippen LogP contribution is -2.51. The maximum atomic E-state index is 12.7. The molecule has 5 amide bonds. The van der Waals surface area contributed by atoms with Crippen LogP contribution in [0.25, 0.3) is 0 Å². The largest absolute Gasteiger partial charge is 0.497 e. The number of hydrazine groups is 1. The zero-order valence-electron chi connectivity index (χ0n) is 18.6. The SMILES string of the molecule is CCN(CCC(=O)NN1C(=O)NC2(CCCCC2)C1=O)CC(=O)Nc1cccc(OC)c1. The number of benzene rings is 1. The van der Waals surface area contributed by atoms with Gasteiger partial charge in [-0.1, -0.05) is 32.3 Å². The van der Waals surface area contributed by atoms with Crippen molar-refractivity contribution in [2.45, 2.75) is 51.0 Å². The highest BCUT2D eigenvalue weighted by atomic mass is 16.5. The molecule has 1 aliphatic heterocycles. The van der Waals surface area contributed by atoms with Gasteiger partial charge in [-0.25, -0.2) is 4.79 Å². The molecule has 0 radical (unpaired) electrons. The van der Waals surface area contributed by atoms with Crippen LogP contribution in [0, 0.1) is 0 Å². The minimum atomic E-state index is -0.879. The maximum absolute atomic E-state index is 12.7. The Morgan fingerprint density at radius 1 is 1.19 bits per heavy atom. The molecule has 2 aliphatic rings. The number of imide groups is 1. The molecule has 1 aromatic carbocycles. The number of hydrogen-bond donors (Lipinski definition) is 3. The van der Waals surface area contributed by atoms with Crippen molar-refractivity contribution in [1.29, 1.82) is 0 Å². The summed E-state index contributed by atoms with van der Waals surface area (Å²) in [5.74, 6) is -0.412. The van der Waals surface area contributed by atoms with Gasteiger partial charge in [-0.05, 0) is 31.5 Å². The van der Waals surface area contributed by atoms with Crippen LogP contribution in [0.1, 0.15) is 45.4 Å². The topological polar surface area (TPSA) is 120 Å². The van der Waals surface area contributed by atoms with Gasteiger partial charge in [-0.15, -0.1) is 0 Å². The van der Waals surface area contributed by atoms with Crippen LogP contribution in [-0.4, -0.2) is 65.9 Å². The summed E-state index contributed by atoms with van der Waals surface area (Å²) in [6.45, 7) is 2.86. The molecule has 1 aromatic rings. The second kappa shape index (κ2) is 10.4. The number of nitrogens with one attached hydrogen (secondary N) is 3. The fourth-order valence-corrected chi connectivity index (χ4v) is 4.11. The van der Waals surface area contributed by atoms with Gasteiger partial charge in [0.05, 0.1) is 13.7 Å². The first kappa shape index (κ1) is 23.5. The van der Waals surface area contributed by atoms with Crippen LogP contribution in [0.3, 0.4) is 0 Å². The van der Waals surface area contributed by atoms with E-state index in [1.165, 1.54) is 0 Å². The second-order valence-corrected chi connectivity index (χ2v) is 8.15. The number of carbonyl (C=O) groups is 4. The number of carbonyl (C=O) groups excluding carboxylic acids is 4. The molecule has 2 fully saturated rings. The summed E-state index contributed by atoms with van der Waals surface area (Å²) in [7, 11) is 1.55. The summed E-state index contributed by atoms with van der Waals surface area (Å²) in [5.41, 5.74) is 2.17. The molecule has 0 bridgehead atoms. The summed E-state index contributed by atoms with van der Waals surface area (Å²) in [6, 6.07) is 6.47. The summed E-state index contributed by atoms with van der Waals surface area (Å²) < 4.78 is 5.15. The third-order valence-electron chi connectivity index (χ3n) is 5.93. The van der Waals surface area contributed by atoms with E-state index in [-0.39, 0.29) is 24.8 Å². The summed E-state index contributed by atoms with van der Waals surface area (Å²) in [5, 5.41) is 6.37. The fourth-order valence-electron chi connectivity index (χ4n) is 4.11. The van der Waals surface area contributed by atoms with Crippen molar-refractivity contribution < 1.29 is 23.9 Å². The molecule has 0 aromatic heterocycles. The van der Waals surface area contributed by atoms with E-state index >= 15 is 0 Å². The first-order valence-electron chi connectivity index (χ1n) is 11.0. The monoisotopic (exact) mass is 445 g/mol. The highest BCUT2D eigenvalue weighted by Gasteiger charge is 2.52. The molecule has 10 heteroatoms. The van der Waals surface area contributed by atoms with E-state index in [9.17, 15) is 19.2 Å². The van der Waals surface area contributed by atoms with Gasteiger partial charge in [0.15, 0.2) is 0 Å². The highest BCUT2D eigenvalue weighted by molar-refractivity contribution is 6.08. The Morgan fingerprint density at radius 3 is 2.62 bits per heavy atom. The van der Waals surface area contributed by atoms with Crippen molar-refractivity contribution in [3.63, 3.8) is 0 Å². The smallest absolute Gasteiger partial charge is 0.344 e. The van der Waals surface area contributed by atoms with E-state index in [2.05, 4.69) is 16.1 Å². The first-order valence-corrected chi connectivity index (χ1v) is 11.0. The number of rotatable bonds is 9. The lowest BCUT2D eigenvalue weighted by atomic mass is 9.82. The van der Waals surface area contributed by atoms with Gasteiger partial charge in [-0.3, -0.25) is 24.7 Å². The third kappa shape index (κ3) is 5.56. The molecule has 1 heterocycles. The minimum absolute atomic E-state index is 0.0460. The summed E-state index contributed by atoms with van der Waals surface area (Å²) >= 11 is 0. The highest BCUT2D eigenvalue weighted by Crippen LogP contribution is 2.33. The average Bonchev–Trinajstić information content (AvgIpc) is 3.00. The normalized spacial score (nSPS) is 17.4. The van der Waals surface area contributed by atoms with E-state index in [4.69, 9.17) is 4.74 Å². The predicted molar refractivity (Wildman–Crippen MR) is 118 cm³/mol. The lowest BCUT2D eigenvalue weighted by molar-refractivity contribution is -0.140. The number of likely N-dealkylation sites (N-methyl/N-ethyl adjacent to an activating group) is 1. The molecule has 174 valence electrons. The molecule has 0 unspecified atom stereocenters. The summed E-state index contributed by atoms with van der Waals surface area (Å²) in [6.07, 6.45) is 4.01. The van der Waals surface area contributed by atoms with E-state index in [1.54, 1.807) is 31.4 Å². The molecule has 1 saturated heterocycles. The Balaban J connectivity index is 1.47. The standard InChI is InChI=1S/C22H31N5O5/c1-3-26(15-19(29)23-16-8-7-9-17(14-16)32-2)13-10-18(28)25-27-20(30)22(24-21(27)31)11-5-4-6-12-22/h7-9,14H,3-6,10-13,15H2,1-2H3,(H,23,29)(H,24,31)(H,25,28). The number of hydrogen-bond acceptors (Lipinski definition) is 6. The number of amides is 5. The fraction of sp³-hybridized carbons (Fsp3) is 0.545. The van der Waals surface area contributed by atoms with Gasteiger partial charge in [0.25, 0.3) is 5.91 Å². The molecule has 1 saturated carbocycles. The third-order valence-corrected chi connectivity index (χ3v) is 5.93. The van der Waals surface area contributed by atoms with Gasteiger partial charge in [0.1, 0.15) is 11.3 Å². The van der Waals surface area contributed by atoms with E-state index in [0.29, 0.717) is 37.4 Å². The van der Waals surface area contributed by atoms with Crippen molar-refractivity contribution in [1.82, 2.24) is 20.7 Å². The van der Waals surface area contributed by atoms with E-state index < -0.39 is 17.5 Å². The van der Waals surface area contributed by atoms with Crippen molar-refractivity contribution in [3.8, 4) is 5.75 Å². The number of urea groups is 1. The van der Waals surface area contributed by atoms with Crippen LogP contribution in [0.4, 0.5) is 10.5 Å². The van der Waals surface area contributed by atoms with Crippen molar-refractivity contribution in [3.05, 3.63) is 24.3 Å². The molecule has 1 aliphatic carbocycles. The Hall–Kier alpha value is -3.14. The molecule has 0 atom stereocenters. The molecular formula is C22H31N5O5. The van der Waals surface area contributed by atoms with E-state index in [1.807, 2.05) is 11.8 Å². The molecule has 1 spiro atoms. The van der Waals surface area contributed by atoms with Crippen molar-refractivity contribution in [2.24, 2.45) is 0 Å². The zero-order valence-corrected chi connectivity index (χ0v) is 18.6. The number of methoxy groups -OCH3 is 1. The molecule has 32 heavy (non-hydrogen) atoms. The van der Waals surface area contributed by atoms with Crippen LogP contribution in [0.15, 0.2) is 24.3 Å². The predicted octanol–water partition coefficient (Wildman–Crippen LogP) is 1.63. The Kier molecular flexibility index (Phi) is 7.68. The van der Waals surface area contributed by atoms with Crippen molar-refractivity contribution in [2.75, 3.05) is 32.1 Å². The Morgan fingerprint density at radius 2 is 1.94 bits per heavy atom. The molecule has 3 rings (SSSR count). The molecule has 3 N–H and O–H groups in total. The van der Waals surface area contributed by atoms with Gasteiger partial charge < -0.3 is 15.4 Å². The molecular weight excluding hydrogens is 414 g/mol. The van der Waals surface area contributed by atoms with Crippen LogP contribution >= 0.6 is 0 Å². The lowest BCUT2D eigenvalue weighted by Gasteiger charge is -2.30. The quantitative estimate of drug-likeness (QED) is 0.497. The number of nitrogens with zero attached hydrogens (tertiary/aromatic N) is 2. The first-order chi connectivity index (χ1) is 15.4. The van der Waals surface area contributed by atoms with Crippen LogP contribution in [0.5, 0.6) is 5.75 Å².